The summed E-state index contributed by atoms with van der Waals surface area (Å²) in [5.41, 5.74) is 0.581. The number of pyridine rings is 1. The summed E-state index contributed by atoms with van der Waals surface area (Å²) < 4.78 is 5.77. The van der Waals surface area contributed by atoms with Crippen molar-refractivity contribution in [1.29, 1.82) is 5.26 Å². The molecule has 3 rings (SSSR count). The number of hydrogen-bond acceptors (Lipinski definition) is 5. The Kier molecular flexibility index (Phi) is 3.62. The molecule has 0 aromatic carbocycles. The van der Waals surface area contributed by atoms with Crippen LogP contribution in [0.25, 0.3) is 0 Å². The van der Waals surface area contributed by atoms with Gasteiger partial charge in [-0.3, -0.25) is 4.90 Å². The van der Waals surface area contributed by atoms with Gasteiger partial charge < -0.3 is 10.1 Å². The topological polar surface area (TPSA) is 61.2 Å². The Morgan fingerprint density at radius 3 is 3.21 bits per heavy atom. The van der Waals surface area contributed by atoms with Gasteiger partial charge in [0.25, 0.3) is 0 Å². The lowest BCUT2D eigenvalue weighted by atomic mass is 10.2. The number of nitrogens with zero attached hydrogens (tertiary/aromatic N) is 3. The third-order valence-corrected chi connectivity index (χ3v) is 3.66. The van der Waals surface area contributed by atoms with Crippen LogP contribution in [0.1, 0.15) is 18.4 Å². The van der Waals surface area contributed by atoms with Crippen molar-refractivity contribution in [1.82, 2.24) is 9.88 Å². The molecule has 1 aliphatic heterocycles. The highest BCUT2D eigenvalue weighted by Gasteiger charge is 2.32. The van der Waals surface area contributed by atoms with E-state index < -0.39 is 0 Å². The number of nitrogens with one attached hydrogen (secondary N) is 1. The average molecular weight is 258 g/mol. The van der Waals surface area contributed by atoms with Crippen molar-refractivity contribution in [3.05, 3.63) is 23.9 Å². The fourth-order valence-corrected chi connectivity index (χ4v) is 2.48. The quantitative estimate of drug-likeness (QED) is 0.880. The Hall–Kier alpha value is -1.64. The molecule has 2 fully saturated rings. The lowest BCUT2D eigenvalue weighted by Gasteiger charge is -2.33. The van der Waals surface area contributed by atoms with Crippen LogP contribution in [0.2, 0.25) is 0 Å². The molecule has 5 heteroatoms. The van der Waals surface area contributed by atoms with E-state index >= 15 is 0 Å². The molecular formula is C14H18N4O. The van der Waals surface area contributed by atoms with Gasteiger partial charge in [0.15, 0.2) is 0 Å². The van der Waals surface area contributed by atoms with E-state index in [9.17, 15) is 0 Å². The highest BCUT2D eigenvalue weighted by atomic mass is 16.5. The molecule has 1 saturated heterocycles. The van der Waals surface area contributed by atoms with E-state index in [-0.39, 0.29) is 6.10 Å². The molecule has 0 spiro atoms. The molecule has 100 valence electrons. The van der Waals surface area contributed by atoms with Crippen LogP contribution in [-0.2, 0) is 4.74 Å². The molecule has 1 aromatic rings. The van der Waals surface area contributed by atoms with Gasteiger partial charge in [-0.2, -0.15) is 5.26 Å². The number of ether oxygens (including phenoxy) is 1. The standard InChI is InChI=1S/C14H18N4O/c15-8-11-2-1-5-16-14(11)17-9-13-10-18(6-7-19-13)12-3-4-12/h1-2,5,12-13H,3-4,6-7,9-10H2,(H,16,17). The summed E-state index contributed by atoms with van der Waals surface area (Å²) in [7, 11) is 0. The lowest BCUT2D eigenvalue weighted by molar-refractivity contribution is -0.0241. The van der Waals surface area contributed by atoms with E-state index in [1.54, 1.807) is 18.3 Å². The minimum absolute atomic E-state index is 0.183. The maximum Gasteiger partial charge on any atom is 0.143 e. The molecule has 1 aromatic heterocycles. The van der Waals surface area contributed by atoms with Crippen LogP contribution in [0.3, 0.4) is 0 Å². The Labute approximate surface area is 113 Å². The fraction of sp³-hybridized carbons (Fsp3) is 0.571. The predicted octanol–water partition coefficient (Wildman–Crippen LogP) is 1.23. The van der Waals surface area contributed by atoms with Crippen molar-refractivity contribution >= 4 is 5.82 Å². The van der Waals surface area contributed by atoms with Crippen molar-refractivity contribution in [3.63, 3.8) is 0 Å². The van der Waals surface area contributed by atoms with Crippen molar-refractivity contribution < 1.29 is 4.74 Å². The zero-order valence-electron chi connectivity index (χ0n) is 10.9. The largest absolute Gasteiger partial charge is 0.374 e. The summed E-state index contributed by atoms with van der Waals surface area (Å²) in [6.07, 6.45) is 4.54. The summed E-state index contributed by atoms with van der Waals surface area (Å²) in [4.78, 5) is 6.71. The molecule has 1 atom stereocenters. The highest BCUT2D eigenvalue weighted by Crippen LogP contribution is 2.28. The van der Waals surface area contributed by atoms with Gasteiger partial charge in [0.05, 0.1) is 18.3 Å². The second-order valence-electron chi connectivity index (χ2n) is 5.11. The summed E-state index contributed by atoms with van der Waals surface area (Å²) in [6, 6.07) is 6.48. The first kappa shape index (κ1) is 12.4. The molecule has 0 bridgehead atoms. The molecule has 19 heavy (non-hydrogen) atoms. The Bertz CT molecular complexity index is 481. The maximum atomic E-state index is 9.01. The molecule has 1 aliphatic carbocycles. The second kappa shape index (κ2) is 5.55. The Morgan fingerprint density at radius 2 is 2.42 bits per heavy atom. The number of nitriles is 1. The third-order valence-electron chi connectivity index (χ3n) is 3.66. The molecule has 5 nitrogen and oxygen atoms in total. The van der Waals surface area contributed by atoms with Gasteiger partial charge in [-0.15, -0.1) is 0 Å². The maximum absolute atomic E-state index is 9.01. The van der Waals surface area contributed by atoms with E-state index in [4.69, 9.17) is 10.00 Å². The van der Waals surface area contributed by atoms with Crippen LogP contribution >= 0.6 is 0 Å². The summed E-state index contributed by atoms with van der Waals surface area (Å²) >= 11 is 0. The van der Waals surface area contributed by atoms with Crippen LogP contribution in [0, 0.1) is 11.3 Å². The van der Waals surface area contributed by atoms with E-state index in [1.165, 1.54) is 12.8 Å². The molecular weight excluding hydrogens is 240 g/mol. The van der Waals surface area contributed by atoms with Crippen molar-refractivity contribution in [2.75, 3.05) is 31.6 Å². The monoisotopic (exact) mass is 258 g/mol. The van der Waals surface area contributed by atoms with Gasteiger partial charge in [-0.25, -0.2) is 4.98 Å². The molecule has 1 unspecified atom stereocenters. The predicted molar refractivity (Wildman–Crippen MR) is 71.8 cm³/mol. The molecule has 0 amide bonds. The first-order chi connectivity index (χ1) is 9.36. The van der Waals surface area contributed by atoms with Crippen molar-refractivity contribution in [3.8, 4) is 6.07 Å². The first-order valence-corrected chi connectivity index (χ1v) is 6.81. The number of rotatable bonds is 4. The summed E-state index contributed by atoms with van der Waals surface area (Å²) in [6.45, 7) is 3.53. The van der Waals surface area contributed by atoms with Crippen LogP contribution in [-0.4, -0.2) is 48.3 Å². The number of hydrogen-bond donors (Lipinski definition) is 1. The Morgan fingerprint density at radius 1 is 1.53 bits per heavy atom. The molecule has 0 radical (unpaired) electrons. The van der Waals surface area contributed by atoms with Gasteiger partial charge in [0.2, 0.25) is 0 Å². The minimum Gasteiger partial charge on any atom is -0.374 e. The van der Waals surface area contributed by atoms with Crippen molar-refractivity contribution in [2.45, 2.75) is 25.0 Å². The SMILES string of the molecule is N#Cc1cccnc1NCC1CN(C2CC2)CCO1. The van der Waals surface area contributed by atoms with Crippen LogP contribution in [0.15, 0.2) is 18.3 Å². The fourth-order valence-electron chi connectivity index (χ4n) is 2.48. The van der Waals surface area contributed by atoms with Crippen LogP contribution < -0.4 is 5.32 Å². The van der Waals surface area contributed by atoms with Gasteiger partial charge in [0.1, 0.15) is 11.9 Å². The Balaban J connectivity index is 1.55. The van der Waals surface area contributed by atoms with Gasteiger partial charge in [-0.1, -0.05) is 0 Å². The zero-order chi connectivity index (χ0) is 13.1. The molecule has 1 saturated carbocycles. The normalized spacial score (nSPS) is 23.8. The van der Waals surface area contributed by atoms with E-state index in [1.807, 2.05) is 0 Å². The summed E-state index contributed by atoms with van der Waals surface area (Å²) in [5.74, 6) is 0.650. The van der Waals surface area contributed by atoms with Gasteiger partial charge in [0, 0.05) is 31.9 Å². The number of morpholine rings is 1. The van der Waals surface area contributed by atoms with Crippen LogP contribution in [0.5, 0.6) is 0 Å². The second-order valence-corrected chi connectivity index (χ2v) is 5.11. The average Bonchev–Trinajstić information content (AvgIpc) is 3.30. The smallest absolute Gasteiger partial charge is 0.143 e. The van der Waals surface area contributed by atoms with E-state index in [0.717, 1.165) is 25.7 Å². The molecule has 2 aliphatic rings. The van der Waals surface area contributed by atoms with E-state index in [0.29, 0.717) is 17.9 Å². The molecule has 1 N–H and O–H groups in total. The zero-order valence-corrected chi connectivity index (χ0v) is 10.9. The van der Waals surface area contributed by atoms with Gasteiger partial charge in [-0.05, 0) is 25.0 Å². The van der Waals surface area contributed by atoms with Crippen LogP contribution in [0.4, 0.5) is 5.82 Å². The number of aromatic nitrogens is 1. The highest BCUT2D eigenvalue weighted by molar-refractivity contribution is 5.51. The lowest BCUT2D eigenvalue weighted by Crippen LogP contribution is -2.46. The third kappa shape index (κ3) is 3.03. The first-order valence-electron chi connectivity index (χ1n) is 6.81. The van der Waals surface area contributed by atoms with Crippen molar-refractivity contribution in [2.24, 2.45) is 0 Å². The van der Waals surface area contributed by atoms with Gasteiger partial charge >= 0.3 is 0 Å². The molecule has 2 heterocycles. The summed E-state index contributed by atoms with van der Waals surface area (Å²) in [5, 5.41) is 12.2. The minimum atomic E-state index is 0.183. The number of anilines is 1. The van der Waals surface area contributed by atoms with E-state index in [2.05, 4.69) is 21.3 Å².